The van der Waals surface area contributed by atoms with Crippen LogP contribution in [0.15, 0.2) is 0 Å². The molecule has 16 heavy (non-hydrogen) atoms. The topological polar surface area (TPSA) is 102 Å². The van der Waals surface area contributed by atoms with Crippen molar-refractivity contribution in [1.82, 2.24) is 10.2 Å². The summed E-state index contributed by atoms with van der Waals surface area (Å²) in [5.74, 6) is 0. The molecule has 0 aromatic carbocycles. The van der Waals surface area contributed by atoms with Crippen molar-refractivity contribution in [1.29, 1.82) is 0 Å². The van der Waals surface area contributed by atoms with Gasteiger partial charge in [-0.15, -0.1) is 0 Å². The third-order valence-electron chi connectivity index (χ3n) is 2.94. The monoisotopic (exact) mass is 232 g/mol. The van der Waals surface area contributed by atoms with Crippen LogP contribution in [0.25, 0.3) is 0 Å². The summed E-state index contributed by atoms with van der Waals surface area (Å²) in [5, 5.41) is 30.8. The van der Waals surface area contributed by atoms with E-state index in [2.05, 4.69) is 5.32 Å². The predicted octanol–water partition coefficient (Wildman–Crippen LogP) is -2.16. The Morgan fingerprint density at radius 2 is 2.19 bits per heavy atom. The van der Waals surface area contributed by atoms with Crippen LogP contribution >= 0.6 is 0 Å². The Morgan fingerprint density at radius 3 is 2.75 bits per heavy atom. The number of carbonyl (C=O) groups excluding carboxylic acids is 1. The van der Waals surface area contributed by atoms with Gasteiger partial charge in [0.2, 0.25) is 0 Å². The van der Waals surface area contributed by atoms with Crippen LogP contribution in [0.1, 0.15) is 6.42 Å². The number of carbonyl (C=O) groups is 1. The number of nitrogens with zero attached hydrogens (tertiary/aromatic N) is 1. The number of hydrogen-bond acceptors (Lipinski definition) is 5. The molecule has 4 atom stereocenters. The normalized spacial score (nSPS) is 39.9. The van der Waals surface area contributed by atoms with Gasteiger partial charge in [-0.25, -0.2) is 4.79 Å². The smallest absolute Gasteiger partial charge is 0.319 e. The van der Waals surface area contributed by atoms with E-state index in [0.717, 1.165) is 6.42 Å². The highest BCUT2D eigenvalue weighted by Gasteiger charge is 2.46. The molecule has 0 aromatic rings. The quantitative estimate of drug-likeness (QED) is 0.434. The second-order valence-electron chi connectivity index (χ2n) is 4.01. The van der Waals surface area contributed by atoms with E-state index < -0.39 is 24.5 Å². The van der Waals surface area contributed by atoms with E-state index in [-0.39, 0.29) is 12.6 Å². The summed E-state index contributed by atoms with van der Waals surface area (Å²) in [6.07, 6.45) is -3.30. The lowest BCUT2D eigenvalue weighted by atomic mass is 10.1. The molecule has 0 bridgehead atoms. The number of rotatable bonds is 2. The molecule has 2 saturated heterocycles. The lowest BCUT2D eigenvalue weighted by molar-refractivity contribution is -0.0818. The summed E-state index contributed by atoms with van der Waals surface area (Å²) in [4.78, 5) is 12.8. The summed E-state index contributed by atoms with van der Waals surface area (Å²) in [6.45, 7) is 0.687. The Morgan fingerprint density at radius 1 is 1.44 bits per heavy atom. The van der Waals surface area contributed by atoms with Crippen LogP contribution in [0.4, 0.5) is 4.79 Å². The minimum absolute atomic E-state index is 0.318. The minimum Gasteiger partial charge on any atom is -0.394 e. The maximum Gasteiger partial charge on any atom is 0.319 e. The second-order valence-corrected chi connectivity index (χ2v) is 4.01. The van der Waals surface area contributed by atoms with E-state index in [4.69, 9.17) is 9.84 Å². The van der Waals surface area contributed by atoms with Crippen molar-refractivity contribution in [3.05, 3.63) is 0 Å². The molecule has 2 aliphatic rings. The molecule has 1 unspecified atom stereocenters. The first-order valence-corrected chi connectivity index (χ1v) is 5.32. The largest absolute Gasteiger partial charge is 0.394 e. The molecule has 7 nitrogen and oxygen atoms in total. The molecule has 92 valence electrons. The van der Waals surface area contributed by atoms with Crippen molar-refractivity contribution in [3.63, 3.8) is 0 Å². The fourth-order valence-corrected chi connectivity index (χ4v) is 2.03. The van der Waals surface area contributed by atoms with Crippen molar-refractivity contribution in [2.24, 2.45) is 0 Å². The zero-order valence-corrected chi connectivity index (χ0v) is 8.74. The van der Waals surface area contributed by atoms with Crippen LogP contribution in [0.3, 0.4) is 0 Å². The van der Waals surface area contributed by atoms with E-state index in [1.807, 2.05) is 0 Å². The van der Waals surface area contributed by atoms with Crippen molar-refractivity contribution < 1.29 is 24.9 Å². The van der Waals surface area contributed by atoms with Crippen LogP contribution in [0.5, 0.6) is 0 Å². The number of nitrogens with one attached hydrogen (secondary N) is 1. The van der Waals surface area contributed by atoms with Gasteiger partial charge in [0.05, 0.1) is 6.61 Å². The number of ether oxygens (including phenoxy) is 1. The fourth-order valence-electron chi connectivity index (χ4n) is 2.03. The van der Waals surface area contributed by atoms with Gasteiger partial charge in [-0.1, -0.05) is 0 Å². The Bertz CT molecular complexity index is 275. The van der Waals surface area contributed by atoms with E-state index in [9.17, 15) is 15.0 Å². The molecule has 2 aliphatic heterocycles. The number of urea groups is 1. The Labute approximate surface area is 92.6 Å². The first-order chi connectivity index (χ1) is 7.65. The van der Waals surface area contributed by atoms with Crippen LogP contribution in [-0.4, -0.2) is 70.5 Å². The maximum absolute atomic E-state index is 11.5. The van der Waals surface area contributed by atoms with Crippen LogP contribution in [0, 0.1) is 0 Å². The third-order valence-corrected chi connectivity index (χ3v) is 2.94. The molecule has 0 spiro atoms. The molecule has 7 heteroatoms. The standard InChI is InChI=1S/C9H16N2O5/c12-4-5-6(13)7(14)8(16-5)11-3-1-2-10-9(11)15/h5-8,12-14H,1-4H2,(H,10,15)/t5-,6-,7-,8?/m1/s1. The van der Waals surface area contributed by atoms with Crippen molar-refractivity contribution in [2.75, 3.05) is 19.7 Å². The maximum atomic E-state index is 11.5. The molecule has 2 heterocycles. The average molecular weight is 232 g/mol. The molecule has 0 aliphatic carbocycles. The average Bonchev–Trinajstić information content (AvgIpc) is 2.57. The summed E-state index contributed by atoms with van der Waals surface area (Å²) in [6, 6.07) is -0.318. The lowest BCUT2D eigenvalue weighted by Gasteiger charge is -2.33. The summed E-state index contributed by atoms with van der Waals surface area (Å²) >= 11 is 0. The SMILES string of the molecule is O=C1NCCCN1C1O[C@H](CO)[C@@H](O)[C@H]1O. The zero-order chi connectivity index (χ0) is 11.7. The highest BCUT2D eigenvalue weighted by molar-refractivity contribution is 5.75. The zero-order valence-electron chi connectivity index (χ0n) is 8.74. The van der Waals surface area contributed by atoms with Gasteiger partial charge in [-0.05, 0) is 6.42 Å². The number of aliphatic hydroxyl groups is 3. The van der Waals surface area contributed by atoms with Gasteiger partial charge in [-0.2, -0.15) is 0 Å². The molecule has 0 saturated carbocycles. The lowest BCUT2D eigenvalue weighted by Crippen LogP contribution is -2.54. The van der Waals surface area contributed by atoms with Crippen LogP contribution < -0.4 is 5.32 Å². The number of aliphatic hydroxyl groups excluding tert-OH is 3. The molecular weight excluding hydrogens is 216 g/mol. The number of amides is 2. The van der Waals surface area contributed by atoms with Gasteiger partial charge in [0.15, 0.2) is 6.23 Å². The highest BCUT2D eigenvalue weighted by atomic mass is 16.6. The van der Waals surface area contributed by atoms with E-state index in [1.54, 1.807) is 0 Å². The van der Waals surface area contributed by atoms with Crippen molar-refractivity contribution in [3.8, 4) is 0 Å². The Kier molecular flexibility index (Phi) is 3.29. The van der Waals surface area contributed by atoms with Gasteiger partial charge < -0.3 is 25.4 Å². The molecule has 0 aromatic heterocycles. The molecule has 2 amide bonds. The Hall–Kier alpha value is -0.890. The van der Waals surface area contributed by atoms with E-state index >= 15 is 0 Å². The first-order valence-electron chi connectivity index (χ1n) is 5.32. The van der Waals surface area contributed by atoms with E-state index in [1.165, 1.54) is 4.90 Å². The van der Waals surface area contributed by atoms with Gasteiger partial charge >= 0.3 is 6.03 Å². The van der Waals surface area contributed by atoms with Crippen molar-refractivity contribution in [2.45, 2.75) is 31.0 Å². The predicted molar refractivity (Wildman–Crippen MR) is 52.5 cm³/mol. The fraction of sp³-hybridized carbons (Fsp3) is 0.889. The molecule has 0 radical (unpaired) electrons. The second kappa shape index (κ2) is 4.54. The van der Waals surface area contributed by atoms with Gasteiger partial charge in [0.1, 0.15) is 18.3 Å². The van der Waals surface area contributed by atoms with Crippen LogP contribution in [-0.2, 0) is 4.74 Å². The van der Waals surface area contributed by atoms with Crippen molar-refractivity contribution >= 4 is 6.03 Å². The molecule has 4 N–H and O–H groups in total. The Balaban J connectivity index is 2.06. The van der Waals surface area contributed by atoms with Gasteiger partial charge in [-0.3, -0.25) is 4.90 Å². The molecular formula is C9H16N2O5. The van der Waals surface area contributed by atoms with E-state index in [0.29, 0.717) is 13.1 Å². The van der Waals surface area contributed by atoms with Gasteiger partial charge in [0.25, 0.3) is 0 Å². The first kappa shape index (κ1) is 11.6. The molecule has 2 rings (SSSR count). The summed E-state index contributed by atoms with van der Waals surface area (Å²) in [5.41, 5.74) is 0. The van der Waals surface area contributed by atoms with Crippen LogP contribution in [0.2, 0.25) is 0 Å². The molecule has 2 fully saturated rings. The summed E-state index contributed by atoms with van der Waals surface area (Å²) < 4.78 is 5.26. The highest BCUT2D eigenvalue weighted by Crippen LogP contribution is 2.24. The third kappa shape index (κ3) is 1.86. The number of hydrogen-bond donors (Lipinski definition) is 4. The minimum atomic E-state index is -1.18. The summed E-state index contributed by atoms with van der Waals surface area (Å²) in [7, 11) is 0. The van der Waals surface area contributed by atoms with Gasteiger partial charge in [0, 0.05) is 13.1 Å².